The minimum absolute atomic E-state index is 0.698. The molecule has 1 aliphatic carbocycles. The lowest BCUT2D eigenvalue weighted by Crippen LogP contribution is -2.01. The Bertz CT molecular complexity index is 816. The molecule has 4 rings (SSSR count). The van der Waals surface area contributed by atoms with E-state index in [0.717, 1.165) is 41.0 Å². The number of aromatic nitrogens is 3. The monoisotopic (exact) mass is 311 g/mol. The van der Waals surface area contributed by atoms with Crippen molar-refractivity contribution in [1.82, 2.24) is 15.0 Å². The molecule has 3 nitrogen and oxygen atoms in total. The van der Waals surface area contributed by atoms with E-state index >= 15 is 0 Å². The zero-order chi connectivity index (χ0) is 15.1. The third-order valence-electron chi connectivity index (χ3n) is 4.43. The second kappa shape index (κ2) is 5.40. The predicted octanol–water partition coefficient (Wildman–Crippen LogP) is 4.72. The van der Waals surface area contributed by atoms with Gasteiger partial charge in [-0.2, -0.15) is 0 Å². The molecule has 0 N–H and O–H groups in total. The van der Waals surface area contributed by atoms with Crippen LogP contribution in [0.2, 0.25) is 5.02 Å². The Morgan fingerprint density at radius 3 is 2.59 bits per heavy atom. The third-order valence-corrected chi connectivity index (χ3v) is 4.81. The van der Waals surface area contributed by atoms with Gasteiger partial charge in [-0.1, -0.05) is 54.1 Å². The van der Waals surface area contributed by atoms with Gasteiger partial charge < -0.3 is 0 Å². The molecule has 0 saturated heterocycles. The van der Waals surface area contributed by atoms with Crippen molar-refractivity contribution in [3.05, 3.63) is 47.0 Å². The van der Waals surface area contributed by atoms with Crippen LogP contribution in [0, 0.1) is 5.92 Å². The number of rotatable bonds is 4. The molecule has 0 radical (unpaired) electrons. The van der Waals surface area contributed by atoms with Crippen LogP contribution in [-0.2, 0) is 13.0 Å². The van der Waals surface area contributed by atoms with Crippen LogP contribution in [0.15, 0.2) is 36.4 Å². The van der Waals surface area contributed by atoms with Crippen molar-refractivity contribution in [2.75, 3.05) is 0 Å². The molecule has 112 valence electrons. The lowest BCUT2D eigenvalue weighted by molar-refractivity contribution is 0.559. The van der Waals surface area contributed by atoms with Gasteiger partial charge in [-0.3, -0.25) is 0 Å². The van der Waals surface area contributed by atoms with Crippen LogP contribution in [-0.4, -0.2) is 15.0 Å². The molecule has 0 bridgehead atoms. The Morgan fingerprint density at radius 2 is 1.91 bits per heavy atom. The quantitative estimate of drug-likeness (QED) is 0.697. The standard InChI is InChI=1S/C18H18ClN3/c1-2-12-5-7-14(8-6-12)15-9-10-16-18(17(15)19)20-21-22(16)11-13-3-4-13/h5-10,13H,2-4,11H2,1H3. The van der Waals surface area contributed by atoms with E-state index in [9.17, 15) is 0 Å². The maximum atomic E-state index is 6.60. The molecule has 3 aromatic rings. The molecule has 22 heavy (non-hydrogen) atoms. The molecule has 1 saturated carbocycles. The zero-order valence-electron chi connectivity index (χ0n) is 12.6. The summed E-state index contributed by atoms with van der Waals surface area (Å²) in [5.74, 6) is 0.768. The Morgan fingerprint density at radius 1 is 1.14 bits per heavy atom. The van der Waals surface area contributed by atoms with Gasteiger partial charge >= 0.3 is 0 Å². The second-order valence-corrected chi connectivity index (χ2v) is 6.44. The highest BCUT2D eigenvalue weighted by Gasteiger charge is 2.23. The summed E-state index contributed by atoms with van der Waals surface area (Å²) in [5, 5.41) is 9.28. The van der Waals surface area contributed by atoms with Crippen molar-refractivity contribution in [2.45, 2.75) is 32.7 Å². The average Bonchev–Trinajstić information content (AvgIpc) is 3.27. The van der Waals surface area contributed by atoms with Gasteiger partial charge in [0.05, 0.1) is 10.5 Å². The molecule has 0 atom stereocenters. The van der Waals surface area contributed by atoms with Gasteiger partial charge in [0.2, 0.25) is 0 Å². The zero-order valence-corrected chi connectivity index (χ0v) is 13.3. The first-order chi connectivity index (χ1) is 10.8. The van der Waals surface area contributed by atoms with Crippen molar-refractivity contribution in [2.24, 2.45) is 5.92 Å². The Kier molecular flexibility index (Phi) is 3.38. The van der Waals surface area contributed by atoms with E-state index in [1.54, 1.807) is 0 Å². The Labute approximate surface area is 134 Å². The van der Waals surface area contributed by atoms with Crippen LogP contribution in [0.5, 0.6) is 0 Å². The van der Waals surface area contributed by atoms with E-state index < -0.39 is 0 Å². The van der Waals surface area contributed by atoms with E-state index in [4.69, 9.17) is 11.6 Å². The van der Waals surface area contributed by atoms with Crippen molar-refractivity contribution in [1.29, 1.82) is 0 Å². The van der Waals surface area contributed by atoms with Crippen molar-refractivity contribution < 1.29 is 0 Å². The largest absolute Gasteiger partial charge is 0.244 e. The van der Waals surface area contributed by atoms with Gasteiger partial charge in [-0.05, 0) is 42.4 Å². The van der Waals surface area contributed by atoms with E-state index in [2.05, 4.69) is 53.6 Å². The van der Waals surface area contributed by atoms with Gasteiger partial charge in [0.1, 0.15) is 5.52 Å². The number of hydrogen-bond acceptors (Lipinski definition) is 2. The molecular formula is C18H18ClN3. The number of halogens is 1. The molecule has 1 fully saturated rings. The van der Waals surface area contributed by atoms with Crippen molar-refractivity contribution >= 4 is 22.6 Å². The fourth-order valence-corrected chi connectivity index (χ4v) is 3.13. The molecule has 0 unspecified atom stereocenters. The van der Waals surface area contributed by atoms with Crippen molar-refractivity contribution in [3.63, 3.8) is 0 Å². The van der Waals surface area contributed by atoms with Gasteiger partial charge in [0.25, 0.3) is 0 Å². The molecular weight excluding hydrogens is 294 g/mol. The normalized spacial score (nSPS) is 14.6. The smallest absolute Gasteiger partial charge is 0.132 e. The summed E-state index contributed by atoms with van der Waals surface area (Å²) in [7, 11) is 0. The fourth-order valence-electron chi connectivity index (χ4n) is 2.83. The van der Waals surface area contributed by atoms with Crippen LogP contribution in [0.25, 0.3) is 22.2 Å². The summed E-state index contributed by atoms with van der Waals surface area (Å²) in [6.45, 7) is 3.11. The SMILES string of the molecule is CCc1ccc(-c2ccc3c(nnn3CC3CC3)c2Cl)cc1. The Balaban J connectivity index is 1.76. The van der Waals surface area contributed by atoms with Gasteiger partial charge in [-0.25, -0.2) is 4.68 Å². The van der Waals surface area contributed by atoms with E-state index in [1.165, 1.54) is 18.4 Å². The minimum Gasteiger partial charge on any atom is -0.244 e. The summed E-state index contributed by atoms with van der Waals surface area (Å²) in [4.78, 5) is 0. The van der Waals surface area contributed by atoms with Gasteiger partial charge in [0.15, 0.2) is 0 Å². The first kappa shape index (κ1) is 13.8. The maximum absolute atomic E-state index is 6.60. The minimum atomic E-state index is 0.698. The molecule has 2 aromatic carbocycles. The molecule has 0 amide bonds. The number of nitrogens with zero attached hydrogens (tertiary/aromatic N) is 3. The second-order valence-electron chi connectivity index (χ2n) is 6.06. The van der Waals surface area contributed by atoms with Gasteiger partial charge in [0, 0.05) is 12.1 Å². The van der Waals surface area contributed by atoms with E-state index in [1.807, 2.05) is 4.68 Å². The summed E-state index contributed by atoms with van der Waals surface area (Å²) in [5.41, 5.74) is 5.32. The number of benzene rings is 2. The summed E-state index contributed by atoms with van der Waals surface area (Å²) in [6, 6.07) is 12.7. The molecule has 0 spiro atoms. The topological polar surface area (TPSA) is 30.7 Å². The lowest BCUT2D eigenvalue weighted by atomic mass is 10.0. The van der Waals surface area contributed by atoms with Crippen LogP contribution in [0.4, 0.5) is 0 Å². The van der Waals surface area contributed by atoms with Gasteiger partial charge in [-0.15, -0.1) is 5.10 Å². The van der Waals surface area contributed by atoms with Crippen LogP contribution >= 0.6 is 11.6 Å². The van der Waals surface area contributed by atoms with Crippen molar-refractivity contribution in [3.8, 4) is 11.1 Å². The third kappa shape index (κ3) is 2.40. The molecule has 0 aliphatic heterocycles. The summed E-state index contributed by atoms with van der Waals surface area (Å²) >= 11 is 6.60. The first-order valence-corrected chi connectivity index (χ1v) is 8.25. The molecule has 1 aromatic heterocycles. The number of hydrogen-bond donors (Lipinski definition) is 0. The van der Waals surface area contributed by atoms with Crippen LogP contribution in [0.1, 0.15) is 25.3 Å². The first-order valence-electron chi connectivity index (χ1n) is 7.87. The molecule has 1 heterocycles. The van der Waals surface area contributed by atoms with Crippen LogP contribution < -0.4 is 0 Å². The average molecular weight is 312 g/mol. The lowest BCUT2D eigenvalue weighted by Gasteiger charge is -2.07. The Hall–Kier alpha value is -1.87. The number of fused-ring (bicyclic) bond motifs is 1. The molecule has 4 heteroatoms. The van der Waals surface area contributed by atoms with E-state index in [0.29, 0.717) is 5.02 Å². The molecule has 1 aliphatic rings. The summed E-state index contributed by atoms with van der Waals surface area (Å²) < 4.78 is 1.99. The number of aryl methyl sites for hydroxylation is 1. The highest BCUT2D eigenvalue weighted by Crippen LogP contribution is 2.35. The highest BCUT2D eigenvalue weighted by atomic mass is 35.5. The maximum Gasteiger partial charge on any atom is 0.132 e. The summed E-state index contributed by atoms with van der Waals surface area (Å²) in [6.07, 6.45) is 3.65. The highest BCUT2D eigenvalue weighted by molar-refractivity contribution is 6.37. The fraction of sp³-hybridized carbons (Fsp3) is 0.333. The van der Waals surface area contributed by atoms with E-state index in [-0.39, 0.29) is 0 Å². The van der Waals surface area contributed by atoms with Crippen LogP contribution in [0.3, 0.4) is 0 Å². The predicted molar refractivity (Wildman–Crippen MR) is 90.1 cm³/mol.